The molecule has 0 atom stereocenters. The Kier molecular flexibility index (Phi) is 4.54. The van der Waals surface area contributed by atoms with Crippen LogP contribution in [0, 0.1) is 10.8 Å². The van der Waals surface area contributed by atoms with Crippen molar-refractivity contribution in [2.45, 2.75) is 75.7 Å². The molecule has 0 spiro atoms. The third-order valence-electron chi connectivity index (χ3n) is 6.03. The molecule has 132 valence electrons. The van der Waals surface area contributed by atoms with E-state index in [4.69, 9.17) is 0 Å². The van der Waals surface area contributed by atoms with Crippen LogP contribution < -0.4 is 0 Å². The quantitative estimate of drug-likeness (QED) is 0.412. The zero-order valence-corrected chi connectivity index (χ0v) is 20.6. The molecule has 0 fully saturated rings. The van der Waals surface area contributed by atoms with E-state index in [2.05, 4.69) is 78.9 Å². The minimum atomic E-state index is -2.61. The van der Waals surface area contributed by atoms with E-state index in [1.165, 1.54) is 21.1 Å². The molecule has 1 heterocycles. The van der Waals surface area contributed by atoms with Gasteiger partial charge in [-0.1, -0.05) is 0 Å². The van der Waals surface area contributed by atoms with Crippen LogP contribution >= 0.6 is 0 Å². The molecule has 2 heteroatoms. The van der Waals surface area contributed by atoms with E-state index in [1.807, 2.05) is 17.0 Å². The van der Waals surface area contributed by atoms with Crippen molar-refractivity contribution in [1.82, 2.24) is 0 Å². The maximum atomic E-state index is 2.60. The Morgan fingerprint density at radius 2 is 1.17 bits per heavy atom. The van der Waals surface area contributed by atoms with Crippen LogP contribution in [0.3, 0.4) is 0 Å². The second kappa shape index (κ2) is 5.78. The normalized spacial score (nSPS) is 24.7. The first kappa shape index (κ1) is 18.8. The molecule has 0 nitrogen and oxygen atoms in total. The van der Waals surface area contributed by atoms with Crippen LogP contribution in [0.2, 0.25) is 21.4 Å². The Bertz CT molecular complexity index is 614. The Hall–Kier alpha value is 0.0600. The summed E-state index contributed by atoms with van der Waals surface area (Å²) in [5.74, 6) is 0. The summed E-state index contributed by atoms with van der Waals surface area (Å²) in [6.45, 7) is 20.1. The molecule has 0 bridgehead atoms. The topological polar surface area (TPSA) is 0 Å². The van der Waals surface area contributed by atoms with Gasteiger partial charge in [0.2, 0.25) is 0 Å². The van der Waals surface area contributed by atoms with Gasteiger partial charge >= 0.3 is 156 Å². The Balaban J connectivity index is 2.24. The van der Waals surface area contributed by atoms with Crippen LogP contribution in [0.5, 0.6) is 0 Å². The molecule has 0 saturated heterocycles. The molecule has 0 amide bonds. The van der Waals surface area contributed by atoms with E-state index in [-0.39, 0.29) is 0 Å². The van der Waals surface area contributed by atoms with Gasteiger partial charge in [-0.15, -0.1) is 0 Å². The van der Waals surface area contributed by atoms with Gasteiger partial charge in [-0.05, 0) is 0 Å². The van der Waals surface area contributed by atoms with Crippen molar-refractivity contribution in [1.29, 1.82) is 0 Å². The molecule has 24 heavy (non-hydrogen) atoms. The van der Waals surface area contributed by atoms with Crippen LogP contribution in [0.4, 0.5) is 0 Å². The predicted molar refractivity (Wildman–Crippen MR) is 108 cm³/mol. The summed E-state index contributed by atoms with van der Waals surface area (Å²) in [5, 5.41) is 3.69. The van der Waals surface area contributed by atoms with Gasteiger partial charge in [0.1, 0.15) is 0 Å². The van der Waals surface area contributed by atoms with Crippen LogP contribution in [-0.2, 0) is 20.3 Å². The first-order valence-corrected chi connectivity index (χ1v) is 18.6. The zero-order valence-electron chi connectivity index (χ0n) is 17.1. The molecule has 0 unspecified atom stereocenters. The van der Waals surface area contributed by atoms with Crippen LogP contribution in [-0.4, -0.2) is 8.07 Å². The third kappa shape index (κ3) is 3.11. The van der Waals surface area contributed by atoms with E-state index in [9.17, 15) is 0 Å². The van der Waals surface area contributed by atoms with Gasteiger partial charge in [-0.2, -0.15) is 0 Å². The second-order valence-electron chi connectivity index (χ2n) is 11.2. The first-order chi connectivity index (χ1) is 10.9. The molecule has 2 aliphatic carbocycles. The molecule has 0 N–H and O–H groups in total. The number of allylic oxidation sites excluding steroid dienone is 8. The average Bonchev–Trinajstić information content (AvgIpc) is 3.03. The van der Waals surface area contributed by atoms with Gasteiger partial charge in [0.05, 0.1) is 0 Å². The number of hydrogen-bond acceptors (Lipinski definition) is 0. The fraction of sp³-hybridized carbons (Fsp3) is 0.636. The van der Waals surface area contributed by atoms with Crippen LogP contribution in [0.25, 0.3) is 0 Å². The van der Waals surface area contributed by atoms with E-state index < -0.39 is 28.3 Å². The summed E-state index contributed by atoms with van der Waals surface area (Å²) in [6.07, 6.45) is 12.7. The Morgan fingerprint density at radius 3 is 1.50 bits per heavy atom. The molecule has 1 aliphatic heterocycles. The first-order valence-electron chi connectivity index (χ1n) is 9.68. The molecule has 0 aromatic rings. The second-order valence-corrected chi connectivity index (χ2v) is 25.5. The van der Waals surface area contributed by atoms with Crippen molar-refractivity contribution in [3.63, 3.8) is 0 Å². The average molecular weight is 420 g/mol. The van der Waals surface area contributed by atoms with Gasteiger partial charge in [0.15, 0.2) is 0 Å². The van der Waals surface area contributed by atoms with Crippen LogP contribution in [0.1, 0.15) is 54.4 Å². The predicted octanol–water partition coefficient (Wildman–Crippen LogP) is 7.30. The molecule has 0 aromatic heterocycles. The molecular weight excluding hydrogens is 384 g/mol. The standard InChI is InChI=1S/C12H14Si.2C5H11.Zr/c1-13(2,11-7-3-4-8-11)12-9-5-6-10-12;2*1-5(2,3)4;/h3,5,7,9H,4,6H2,1-2H3;2*1H2,2-4H3;. The molecule has 0 radical (unpaired) electrons. The van der Waals surface area contributed by atoms with Gasteiger partial charge in [-0.3, -0.25) is 0 Å². The van der Waals surface area contributed by atoms with Gasteiger partial charge in [0, 0.05) is 0 Å². The summed E-state index contributed by atoms with van der Waals surface area (Å²) in [6, 6.07) is 0. The number of hydrogen-bond donors (Lipinski definition) is 0. The Labute approximate surface area is 155 Å². The van der Waals surface area contributed by atoms with Crippen molar-refractivity contribution >= 4 is 8.07 Å². The van der Waals surface area contributed by atoms with Crippen molar-refractivity contribution in [2.24, 2.45) is 10.8 Å². The van der Waals surface area contributed by atoms with Crippen LogP contribution in [0.15, 0.2) is 41.3 Å². The molecular formula is C22H36SiZr. The van der Waals surface area contributed by atoms with Gasteiger partial charge in [0.25, 0.3) is 0 Å². The fourth-order valence-corrected chi connectivity index (χ4v) is 33.9. The molecule has 0 saturated carbocycles. The van der Waals surface area contributed by atoms with E-state index >= 15 is 0 Å². The zero-order chi connectivity index (χ0) is 18.0. The third-order valence-corrected chi connectivity index (χ3v) is 27.1. The summed E-state index contributed by atoms with van der Waals surface area (Å²) in [5.41, 5.74) is 0.873. The minimum absolute atomic E-state index is 0.436. The maximum absolute atomic E-state index is 2.61. The number of rotatable bonds is 2. The Morgan fingerprint density at radius 1 is 0.792 bits per heavy atom. The van der Waals surface area contributed by atoms with Crippen molar-refractivity contribution in [3.05, 3.63) is 41.3 Å². The van der Waals surface area contributed by atoms with E-state index in [0.29, 0.717) is 10.8 Å². The molecule has 3 rings (SSSR count). The molecule has 0 aromatic carbocycles. The van der Waals surface area contributed by atoms with Crippen molar-refractivity contribution in [2.75, 3.05) is 0 Å². The van der Waals surface area contributed by atoms with Gasteiger partial charge in [-0.25, -0.2) is 0 Å². The molecule has 3 aliphatic rings. The van der Waals surface area contributed by atoms with Crippen molar-refractivity contribution < 1.29 is 20.3 Å². The van der Waals surface area contributed by atoms with E-state index in [0.717, 1.165) is 0 Å². The SMILES string of the molecule is CC(C)(C)[CH2][Zr]1([CH2]C(C)(C)C)[C]2=C(C=CC2)[Si](C)(C)C2=[C]1CC=C2. The van der Waals surface area contributed by atoms with Crippen molar-refractivity contribution in [3.8, 4) is 0 Å². The summed E-state index contributed by atoms with van der Waals surface area (Å²) < 4.78 is 7.00. The monoisotopic (exact) mass is 418 g/mol. The van der Waals surface area contributed by atoms with Gasteiger partial charge < -0.3 is 0 Å². The fourth-order valence-electron chi connectivity index (χ4n) is 5.71. The van der Waals surface area contributed by atoms with E-state index in [1.54, 1.807) is 0 Å². The summed E-state index contributed by atoms with van der Waals surface area (Å²) >= 11 is -2.61. The summed E-state index contributed by atoms with van der Waals surface area (Å²) in [7, 11) is -1.45. The summed E-state index contributed by atoms with van der Waals surface area (Å²) in [4.78, 5) is 0.